The van der Waals surface area contributed by atoms with Crippen LogP contribution in [-0.4, -0.2) is 27.2 Å². The fourth-order valence-electron chi connectivity index (χ4n) is 4.13. The van der Waals surface area contributed by atoms with Crippen molar-refractivity contribution in [2.75, 3.05) is 0 Å². The van der Waals surface area contributed by atoms with Crippen LogP contribution in [0.1, 0.15) is 60.3 Å². The summed E-state index contributed by atoms with van der Waals surface area (Å²) in [4.78, 5) is 12.7. The number of carbonyl (C=O) groups is 1. The minimum atomic E-state index is -0.921. The standard InChI is InChI=1S/C20H32O3/c1-14(2)20(23)12-10-18(4)9-11-19(5,22)8-6-7-15(3)16(21)13-17(18)20/h6-7,9,11,14-15,17,22-23H,8,10,12-13H2,1-5H3/b7-6-,11-9+/t15-,17?,18-,19-,20+/m1/s1. The third kappa shape index (κ3) is 3.61. The van der Waals surface area contributed by atoms with Crippen molar-refractivity contribution in [3.8, 4) is 0 Å². The Morgan fingerprint density at radius 1 is 1.17 bits per heavy atom. The van der Waals surface area contributed by atoms with E-state index in [2.05, 4.69) is 13.0 Å². The van der Waals surface area contributed by atoms with Gasteiger partial charge in [-0.1, -0.05) is 52.0 Å². The first-order valence-corrected chi connectivity index (χ1v) is 8.85. The largest absolute Gasteiger partial charge is 0.389 e. The first-order valence-electron chi connectivity index (χ1n) is 8.85. The van der Waals surface area contributed by atoms with E-state index < -0.39 is 11.2 Å². The maximum absolute atomic E-state index is 12.7. The third-order valence-electron chi connectivity index (χ3n) is 6.16. The number of aliphatic hydroxyl groups is 2. The van der Waals surface area contributed by atoms with Gasteiger partial charge < -0.3 is 10.2 Å². The molecule has 0 radical (unpaired) electrons. The van der Waals surface area contributed by atoms with Crippen molar-refractivity contribution in [1.29, 1.82) is 0 Å². The minimum Gasteiger partial charge on any atom is -0.389 e. The fraction of sp³-hybridized carbons (Fsp3) is 0.750. The van der Waals surface area contributed by atoms with Crippen LogP contribution in [0.25, 0.3) is 0 Å². The Balaban J connectivity index is 2.47. The van der Waals surface area contributed by atoms with Crippen molar-refractivity contribution < 1.29 is 15.0 Å². The number of fused-ring (bicyclic) bond motifs is 1. The smallest absolute Gasteiger partial charge is 0.139 e. The van der Waals surface area contributed by atoms with Gasteiger partial charge in [-0.15, -0.1) is 0 Å². The van der Waals surface area contributed by atoms with Crippen molar-refractivity contribution in [3.63, 3.8) is 0 Å². The molecule has 0 aliphatic heterocycles. The summed E-state index contributed by atoms with van der Waals surface area (Å²) in [5, 5.41) is 21.8. The van der Waals surface area contributed by atoms with E-state index >= 15 is 0 Å². The molecule has 0 saturated heterocycles. The zero-order chi connectivity index (χ0) is 17.5. The van der Waals surface area contributed by atoms with E-state index in [9.17, 15) is 15.0 Å². The lowest BCUT2D eigenvalue weighted by molar-refractivity contribution is -0.127. The van der Waals surface area contributed by atoms with Crippen LogP contribution in [0.3, 0.4) is 0 Å². The molecule has 0 aromatic heterocycles. The van der Waals surface area contributed by atoms with Gasteiger partial charge in [-0.25, -0.2) is 0 Å². The average molecular weight is 320 g/mol. The van der Waals surface area contributed by atoms with Gasteiger partial charge in [0.15, 0.2) is 0 Å². The Morgan fingerprint density at radius 2 is 1.83 bits per heavy atom. The van der Waals surface area contributed by atoms with E-state index in [1.54, 1.807) is 6.92 Å². The van der Waals surface area contributed by atoms with Crippen LogP contribution < -0.4 is 0 Å². The molecule has 23 heavy (non-hydrogen) atoms. The molecule has 2 aliphatic rings. The Kier molecular flexibility index (Phi) is 4.94. The van der Waals surface area contributed by atoms with Crippen molar-refractivity contribution in [2.24, 2.45) is 23.2 Å². The maximum Gasteiger partial charge on any atom is 0.139 e. The second kappa shape index (κ2) is 6.18. The molecule has 5 atom stereocenters. The molecule has 3 heteroatoms. The lowest BCUT2D eigenvalue weighted by Crippen LogP contribution is -2.44. The summed E-state index contributed by atoms with van der Waals surface area (Å²) in [5.41, 5.74) is -2.00. The molecule has 130 valence electrons. The predicted molar refractivity (Wildman–Crippen MR) is 92.9 cm³/mol. The Morgan fingerprint density at radius 3 is 2.43 bits per heavy atom. The van der Waals surface area contributed by atoms with E-state index in [-0.39, 0.29) is 29.0 Å². The highest BCUT2D eigenvalue weighted by Gasteiger charge is 2.54. The van der Waals surface area contributed by atoms with E-state index in [1.165, 1.54) is 0 Å². The second-order valence-electron chi connectivity index (χ2n) is 8.49. The van der Waals surface area contributed by atoms with Crippen molar-refractivity contribution in [3.05, 3.63) is 24.3 Å². The van der Waals surface area contributed by atoms with Crippen molar-refractivity contribution in [2.45, 2.75) is 71.5 Å². The van der Waals surface area contributed by atoms with Gasteiger partial charge in [0.2, 0.25) is 0 Å². The molecular formula is C20H32O3. The third-order valence-corrected chi connectivity index (χ3v) is 6.16. The highest BCUT2D eigenvalue weighted by molar-refractivity contribution is 5.82. The summed E-state index contributed by atoms with van der Waals surface area (Å²) < 4.78 is 0. The lowest BCUT2D eigenvalue weighted by Gasteiger charge is -2.40. The normalized spacial score (nSPS) is 47.9. The zero-order valence-corrected chi connectivity index (χ0v) is 15.2. The van der Waals surface area contributed by atoms with E-state index in [0.717, 1.165) is 6.42 Å². The number of ketones is 1. The maximum atomic E-state index is 12.7. The quantitative estimate of drug-likeness (QED) is 0.725. The molecule has 0 bridgehead atoms. The molecule has 3 nitrogen and oxygen atoms in total. The Bertz CT molecular complexity index is 517. The fourth-order valence-corrected chi connectivity index (χ4v) is 4.13. The predicted octanol–water partition coefficient (Wildman–Crippen LogP) is 3.65. The molecule has 1 saturated carbocycles. The summed E-state index contributed by atoms with van der Waals surface area (Å²) >= 11 is 0. The first-order chi connectivity index (χ1) is 10.5. The van der Waals surface area contributed by atoms with Gasteiger partial charge in [0.1, 0.15) is 5.78 Å². The molecule has 0 amide bonds. The molecule has 1 fully saturated rings. The van der Waals surface area contributed by atoms with Gasteiger partial charge in [0.05, 0.1) is 11.2 Å². The minimum absolute atomic E-state index is 0.104. The highest BCUT2D eigenvalue weighted by Crippen LogP contribution is 2.55. The molecule has 2 rings (SSSR count). The van der Waals surface area contributed by atoms with Crippen LogP contribution >= 0.6 is 0 Å². The molecule has 1 unspecified atom stereocenters. The molecular weight excluding hydrogens is 288 g/mol. The average Bonchev–Trinajstić information content (AvgIpc) is 2.71. The zero-order valence-electron chi connectivity index (χ0n) is 15.2. The molecule has 0 aromatic carbocycles. The van der Waals surface area contributed by atoms with Crippen LogP contribution in [0.4, 0.5) is 0 Å². The lowest BCUT2D eigenvalue weighted by atomic mass is 9.68. The summed E-state index contributed by atoms with van der Waals surface area (Å²) in [6, 6.07) is 0. The van der Waals surface area contributed by atoms with Crippen molar-refractivity contribution in [1.82, 2.24) is 0 Å². The number of hydrogen-bond donors (Lipinski definition) is 2. The van der Waals surface area contributed by atoms with Crippen LogP contribution in [-0.2, 0) is 4.79 Å². The summed E-state index contributed by atoms with van der Waals surface area (Å²) in [7, 11) is 0. The molecule has 0 heterocycles. The van der Waals surface area contributed by atoms with E-state index in [0.29, 0.717) is 19.3 Å². The SMILES string of the molecule is CC(C)[C@@]1(O)CC[C@@]2(C)/C=C/[C@](C)(O)C/C=C\[C@@H](C)C(=O)CC12. The Labute approximate surface area is 140 Å². The van der Waals surface area contributed by atoms with E-state index in [4.69, 9.17) is 0 Å². The summed E-state index contributed by atoms with van der Waals surface area (Å²) in [6.45, 7) is 9.88. The van der Waals surface area contributed by atoms with Crippen LogP contribution in [0.15, 0.2) is 24.3 Å². The molecule has 0 aromatic rings. The van der Waals surface area contributed by atoms with Gasteiger partial charge in [0, 0.05) is 18.3 Å². The topological polar surface area (TPSA) is 57.5 Å². The number of carbonyl (C=O) groups excluding carboxylic acids is 1. The monoisotopic (exact) mass is 320 g/mol. The first kappa shape index (κ1) is 18.4. The summed E-state index contributed by atoms with van der Waals surface area (Å²) in [5.74, 6) is -0.00549. The van der Waals surface area contributed by atoms with Crippen LogP contribution in [0.5, 0.6) is 0 Å². The van der Waals surface area contributed by atoms with Gasteiger partial charge in [-0.05, 0) is 37.5 Å². The van der Waals surface area contributed by atoms with Crippen LogP contribution in [0.2, 0.25) is 0 Å². The van der Waals surface area contributed by atoms with Gasteiger partial charge in [0.25, 0.3) is 0 Å². The molecule has 2 aliphatic carbocycles. The van der Waals surface area contributed by atoms with E-state index in [1.807, 2.05) is 39.0 Å². The highest BCUT2D eigenvalue weighted by atomic mass is 16.3. The number of Topliss-reactive ketones (excluding diaryl/α,β-unsaturated/α-hetero) is 1. The molecule has 0 spiro atoms. The van der Waals surface area contributed by atoms with Crippen molar-refractivity contribution >= 4 is 5.78 Å². The van der Waals surface area contributed by atoms with Crippen LogP contribution in [0, 0.1) is 23.2 Å². The van der Waals surface area contributed by atoms with Gasteiger partial charge >= 0.3 is 0 Å². The summed E-state index contributed by atoms with van der Waals surface area (Å²) in [6.07, 6.45) is 10.1. The van der Waals surface area contributed by atoms with Gasteiger partial charge in [-0.3, -0.25) is 4.79 Å². The Hall–Kier alpha value is -0.930. The number of hydrogen-bond acceptors (Lipinski definition) is 3. The number of allylic oxidation sites excluding steroid dienone is 2. The number of rotatable bonds is 1. The molecule has 2 N–H and O–H groups in total. The second-order valence-corrected chi connectivity index (χ2v) is 8.49. The van der Waals surface area contributed by atoms with Gasteiger partial charge in [-0.2, -0.15) is 0 Å².